The monoisotopic (exact) mass is 470 g/mol. The minimum absolute atomic E-state index is 0.0106. The van der Waals surface area contributed by atoms with E-state index in [2.05, 4.69) is 5.10 Å². The van der Waals surface area contributed by atoms with Crippen LogP contribution in [0.3, 0.4) is 0 Å². The lowest BCUT2D eigenvalue weighted by Crippen LogP contribution is -2.50. The molecule has 2 aliphatic rings. The summed E-state index contributed by atoms with van der Waals surface area (Å²) in [6.07, 6.45) is 0.746. The normalized spacial score (nSPS) is 26.3. The van der Waals surface area contributed by atoms with Gasteiger partial charge in [0, 0.05) is 29.8 Å². The van der Waals surface area contributed by atoms with Gasteiger partial charge in [-0.2, -0.15) is 9.19 Å². The highest BCUT2D eigenvalue weighted by atomic mass is 32.2. The van der Waals surface area contributed by atoms with E-state index in [4.69, 9.17) is 10.5 Å². The van der Waals surface area contributed by atoms with Crippen molar-refractivity contribution in [2.75, 3.05) is 12.9 Å². The lowest BCUT2D eigenvalue weighted by Gasteiger charge is -2.40. The first-order valence-corrected chi connectivity index (χ1v) is 12.0. The van der Waals surface area contributed by atoms with Crippen molar-refractivity contribution in [3.8, 4) is 0 Å². The van der Waals surface area contributed by atoms with E-state index in [-0.39, 0.29) is 25.1 Å². The number of hydrogen-bond donors (Lipinski definition) is 2. The zero-order valence-electron chi connectivity index (χ0n) is 17.5. The van der Waals surface area contributed by atoms with Crippen molar-refractivity contribution in [2.24, 2.45) is 5.73 Å². The number of ether oxygens (including phenoxy) is 1. The van der Waals surface area contributed by atoms with Crippen LogP contribution in [0.15, 0.2) is 18.2 Å². The maximum Gasteiger partial charge on any atom is 0.325 e. The molecule has 1 aromatic heterocycles. The van der Waals surface area contributed by atoms with Crippen molar-refractivity contribution < 1.29 is 31.8 Å². The van der Waals surface area contributed by atoms with E-state index in [0.29, 0.717) is 23.4 Å². The molecule has 0 saturated carbocycles. The number of carboxylic acids is 1. The summed E-state index contributed by atoms with van der Waals surface area (Å²) in [5.74, 6) is -2.39. The second kappa shape index (κ2) is 8.18. The summed E-state index contributed by atoms with van der Waals surface area (Å²) in [5, 5.41) is 14.1. The van der Waals surface area contributed by atoms with Crippen LogP contribution >= 0.6 is 0 Å². The number of nitrogens with zero attached hydrogens (tertiary/aromatic N) is 3. The third kappa shape index (κ3) is 3.81. The van der Waals surface area contributed by atoms with Gasteiger partial charge in [0.05, 0.1) is 24.3 Å². The van der Waals surface area contributed by atoms with Crippen molar-refractivity contribution in [1.29, 1.82) is 0 Å². The Labute approximate surface area is 183 Å². The predicted octanol–water partition coefficient (Wildman–Crippen LogP) is 1.33. The van der Waals surface area contributed by atoms with Crippen LogP contribution in [-0.4, -0.2) is 58.5 Å². The van der Waals surface area contributed by atoms with Crippen LogP contribution in [0.25, 0.3) is 0 Å². The topological polar surface area (TPSA) is 128 Å². The Balaban J connectivity index is 1.64. The van der Waals surface area contributed by atoms with E-state index < -0.39 is 51.9 Å². The molecule has 0 spiro atoms. The predicted molar refractivity (Wildman–Crippen MR) is 109 cm³/mol. The molecule has 4 atom stereocenters. The lowest BCUT2D eigenvalue weighted by atomic mass is 9.92. The van der Waals surface area contributed by atoms with Crippen LogP contribution in [0.2, 0.25) is 0 Å². The van der Waals surface area contributed by atoms with Crippen LogP contribution in [-0.2, 0) is 32.5 Å². The number of benzene rings is 1. The van der Waals surface area contributed by atoms with Crippen LogP contribution < -0.4 is 5.73 Å². The van der Waals surface area contributed by atoms with Crippen molar-refractivity contribution >= 4 is 16.0 Å². The molecule has 12 heteroatoms. The summed E-state index contributed by atoms with van der Waals surface area (Å²) < 4.78 is 58.9. The van der Waals surface area contributed by atoms with Gasteiger partial charge in [-0.3, -0.25) is 9.69 Å². The third-order valence-corrected chi connectivity index (χ3v) is 6.95. The molecule has 3 heterocycles. The Kier molecular flexibility index (Phi) is 5.82. The fourth-order valence-electron chi connectivity index (χ4n) is 4.65. The molecular weight excluding hydrogens is 446 g/mol. The SMILES string of the molecule is CCc1nn(S(C)(=O)=O)c2c1C(C(=O)O)N([C@H]1CO[C@H](c3cc(F)ccc3F)[C@@H](N)C1)C2. The van der Waals surface area contributed by atoms with Gasteiger partial charge >= 0.3 is 5.97 Å². The molecule has 1 aromatic carbocycles. The van der Waals surface area contributed by atoms with Crippen molar-refractivity contribution in [3.63, 3.8) is 0 Å². The van der Waals surface area contributed by atoms with Gasteiger partial charge in [-0.05, 0) is 31.0 Å². The quantitative estimate of drug-likeness (QED) is 0.670. The van der Waals surface area contributed by atoms with Gasteiger partial charge < -0.3 is 15.6 Å². The van der Waals surface area contributed by atoms with Crippen molar-refractivity contribution in [3.05, 3.63) is 52.3 Å². The number of halogens is 2. The fourth-order valence-corrected chi connectivity index (χ4v) is 5.46. The van der Waals surface area contributed by atoms with E-state index in [1.807, 2.05) is 0 Å². The highest BCUT2D eigenvalue weighted by Gasteiger charge is 2.47. The van der Waals surface area contributed by atoms with Gasteiger partial charge in [0.1, 0.15) is 23.8 Å². The first-order chi connectivity index (χ1) is 15.0. The molecule has 0 aliphatic carbocycles. The molecule has 1 unspecified atom stereocenters. The number of aromatic nitrogens is 2. The van der Waals surface area contributed by atoms with Gasteiger partial charge in [-0.15, -0.1) is 0 Å². The van der Waals surface area contributed by atoms with Gasteiger partial charge in [-0.1, -0.05) is 6.92 Å². The summed E-state index contributed by atoms with van der Waals surface area (Å²) in [7, 11) is -3.73. The number of nitrogens with two attached hydrogens (primary N) is 1. The Hall–Kier alpha value is -2.41. The molecule has 1 fully saturated rings. The lowest BCUT2D eigenvalue weighted by molar-refractivity contribution is -0.146. The zero-order valence-corrected chi connectivity index (χ0v) is 18.3. The second-order valence-electron chi connectivity index (χ2n) is 8.15. The Morgan fingerprint density at radius 2 is 2.09 bits per heavy atom. The zero-order chi connectivity index (χ0) is 23.4. The first kappa shape index (κ1) is 22.8. The molecule has 2 aromatic rings. The van der Waals surface area contributed by atoms with Gasteiger partial charge in [0.2, 0.25) is 0 Å². The van der Waals surface area contributed by atoms with E-state index >= 15 is 0 Å². The largest absolute Gasteiger partial charge is 0.480 e. The number of carboxylic acid groups (broad SMARTS) is 1. The summed E-state index contributed by atoms with van der Waals surface area (Å²) in [6, 6.07) is 0.752. The molecule has 0 radical (unpaired) electrons. The highest BCUT2D eigenvalue weighted by Crippen LogP contribution is 2.41. The Morgan fingerprint density at radius 1 is 1.38 bits per heavy atom. The Morgan fingerprint density at radius 3 is 2.69 bits per heavy atom. The van der Waals surface area contributed by atoms with Crippen LogP contribution in [0.1, 0.15) is 48.0 Å². The third-order valence-electron chi connectivity index (χ3n) is 6.02. The van der Waals surface area contributed by atoms with E-state index in [1.54, 1.807) is 11.8 Å². The molecule has 0 amide bonds. The fraction of sp³-hybridized carbons (Fsp3) is 0.500. The number of rotatable bonds is 5. The molecule has 174 valence electrons. The molecular formula is C20H24F2N4O5S. The molecule has 1 saturated heterocycles. The number of aliphatic carboxylic acids is 1. The highest BCUT2D eigenvalue weighted by molar-refractivity contribution is 7.89. The molecule has 3 N–H and O–H groups in total. The van der Waals surface area contributed by atoms with Crippen LogP contribution in [0.5, 0.6) is 0 Å². The molecule has 2 aliphatic heterocycles. The molecule has 0 bridgehead atoms. The smallest absolute Gasteiger partial charge is 0.325 e. The minimum Gasteiger partial charge on any atom is -0.480 e. The summed E-state index contributed by atoms with van der Waals surface area (Å²) in [4.78, 5) is 13.8. The van der Waals surface area contributed by atoms with Crippen molar-refractivity contribution in [2.45, 2.75) is 50.5 Å². The average Bonchev–Trinajstić information content (AvgIpc) is 3.26. The summed E-state index contributed by atoms with van der Waals surface area (Å²) in [6.45, 7) is 1.83. The minimum atomic E-state index is -3.73. The maximum atomic E-state index is 14.2. The Bertz CT molecular complexity index is 1170. The van der Waals surface area contributed by atoms with Gasteiger partial charge in [0.25, 0.3) is 10.0 Å². The first-order valence-electron chi connectivity index (χ1n) is 10.1. The number of hydrogen-bond acceptors (Lipinski definition) is 7. The summed E-state index contributed by atoms with van der Waals surface area (Å²) >= 11 is 0. The standard InChI is InChI=1S/C20H24F2N4O5S/c1-3-15-17-16(26(24-15)32(2,29)30)8-25(18(17)20(27)28)11-7-14(23)19(31-9-11)12-6-10(21)4-5-13(12)22/h4-6,11,14,18-19H,3,7-9,23H2,1-2H3,(H,27,28)/t11-,14+,18?,19-/m1/s1. The van der Waals surface area contributed by atoms with E-state index in [9.17, 15) is 27.1 Å². The number of aryl methyl sites for hydroxylation is 1. The van der Waals surface area contributed by atoms with Crippen LogP contribution in [0, 0.1) is 11.6 Å². The van der Waals surface area contributed by atoms with Gasteiger partial charge in [0.15, 0.2) is 0 Å². The average molecular weight is 470 g/mol. The van der Waals surface area contributed by atoms with Crippen LogP contribution in [0.4, 0.5) is 8.78 Å². The van der Waals surface area contributed by atoms with E-state index in [0.717, 1.165) is 28.5 Å². The van der Waals surface area contributed by atoms with E-state index in [1.165, 1.54) is 0 Å². The summed E-state index contributed by atoms with van der Waals surface area (Å²) in [5.41, 5.74) is 7.34. The molecule has 4 rings (SSSR count). The second-order valence-corrected chi connectivity index (χ2v) is 9.96. The number of fused-ring (bicyclic) bond motifs is 1. The molecule has 32 heavy (non-hydrogen) atoms. The number of carbonyl (C=O) groups is 1. The maximum absolute atomic E-state index is 14.2. The van der Waals surface area contributed by atoms with Gasteiger partial charge in [-0.25, -0.2) is 17.2 Å². The molecule has 9 nitrogen and oxygen atoms in total. The van der Waals surface area contributed by atoms with Crippen molar-refractivity contribution in [1.82, 2.24) is 14.1 Å².